The van der Waals surface area contributed by atoms with E-state index in [9.17, 15) is 4.79 Å². The number of nitrogens with zero attached hydrogens (tertiary/aromatic N) is 1. The van der Waals surface area contributed by atoms with Gasteiger partial charge in [-0.15, -0.1) is 12.4 Å². The summed E-state index contributed by atoms with van der Waals surface area (Å²) < 4.78 is 10.4. The van der Waals surface area contributed by atoms with E-state index in [1.54, 1.807) is 19.2 Å². The van der Waals surface area contributed by atoms with Gasteiger partial charge in [0, 0.05) is 31.8 Å². The van der Waals surface area contributed by atoms with Crippen molar-refractivity contribution in [1.82, 2.24) is 4.90 Å². The molecule has 1 amide bonds. The largest absolute Gasteiger partial charge is 0.491 e. The highest BCUT2D eigenvalue weighted by molar-refractivity contribution is 5.94. The van der Waals surface area contributed by atoms with Crippen LogP contribution in [-0.4, -0.2) is 50.3 Å². The van der Waals surface area contributed by atoms with Crippen LogP contribution in [0.4, 0.5) is 0 Å². The number of rotatable bonds is 6. The zero-order chi connectivity index (χ0) is 14.4. The third kappa shape index (κ3) is 4.59. The number of carbonyl (C=O) groups excluding carboxylic acids is 1. The lowest BCUT2D eigenvalue weighted by atomic mass is 10.1. The molecule has 1 aromatic carbocycles. The molecule has 0 saturated carbocycles. The predicted molar refractivity (Wildman–Crippen MR) is 84.2 cm³/mol. The SMILES string of the molecule is COCCOc1ccc(C(=O)N2CCCC2CN)cc1.Cl. The Morgan fingerprint density at radius 3 is 2.67 bits per heavy atom. The molecule has 1 unspecified atom stereocenters. The number of hydrogen-bond donors (Lipinski definition) is 1. The van der Waals surface area contributed by atoms with Crippen LogP contribution in [0.1, 0.15) is 23.2 Å². The van der Waals surface area contributed by atoms with Gasteiger partial charge in [0.2, 0.25) is 0 Å². The normalized spacial score (nSPS) is 17.4. The average molecular weight is 315 g/mol. The van der Waals surface area contributed by atoms with Gasteiger partial charge in [-0.3, -0.25) is 4.79 Å². The summed E-state index contributed by atoms with van der Waals surface area (Å²) >= 11 is 0. The number of benzene rings is 1. The molecule has 1 saturated heterocycles. The molecule has 5 nitrogen and oxygen atoms in total. The summed E-state index contributed by atoms with van der Waals surface area (Å²) in [6.07, 6.45) is 2.03. The third-order valence-electron chi connectivity index (χ3n) is 3.57. The van der Waals surface area contributed by atoms with Crippen LogP contribution >= 0.6 is 12.4 Å². The van der Waals surface area contributed by atoms with Gasteiger partial charge in [-0.25, -0.2) is 0 Å². The molecule has 0 aliphatic carbocycles. The summed E-state index contributed by atoms with van der Waals surface area (Å²) in [4.78, 5) is 14.3. The van der Waals surface area contributed by atoms with Crippen molar-refractivity contribution in [1.29, 1.82) is 0 Å². The van der Waals surface area contributed by atoms with E-state index in [0.717, 1.165) is 25.1 Å². The van der Waals surface area contributed by atoms with Gasteiger partial charge in [0.1, 0.15) is 12.4 Å². The van der Waals surface area contributed by atoms with Crippen molar-refractivity contribution in [3.05, 3.63) is 29.8 Å². The van der Waals surface area contributed by atoms with Crippen LogP contribution in [0.5, 0.6) is 5.75 Å². The van der Waals surface area contributed by atoms with Crippen molar-refractivity contribution in [3.8, 4) is 5.75 Å². The summed E-state index contributed by atoms with van der Waals surface area (Å²) in [5, 5.41) is 0. The molecule has 1 aliphatic heterocycles. The van der Waals surface area contributed by atoms with Gasteiger partial charge >= 0.3 is 0 Å². The van der Waals surface area contributed by atoms with E-state index < -0.39 is 0 Å². The molecule has 2 rings (SSSR count). The molecule has 2 N–H and O–H groups in total. The summed E-state index contributed by atoms with van der Waals surface area (Å²) in [5.41, 5.74) is 6.39. The molecule has 21 heavy (non-hydrogen) atoms. The fourth-order valence-corrected chi connectivity index (χ4v) is 2.45. The summed E-state index contributed by atoms with van der Waals surface area (Å²) in [5.74, 6) is 0.803. The second-order valence-electron chi connectivity index (χ2n) is 4.90. The maximum atomic E-state index is 12.4. The van der Waals surface area contributed by atoms with Gasteiger partial charge in [-0.2, -0.15) is 0 Å². The summed E-state index contributed by atoms with van der Waals surface area (Å²) in [6, 6.07) is 7.42. The number of nitrogens with two attached hydrogens (primary N) is 1. The van der Waals surface area contributed by atoms with Crippen molar-refractivity contribution in [3.63, 3.8) is 0 Å². The maximum Gasteiger partial charge on any atom is 0.254 e. The summed E-state index contributed by atoms with van der Waals surface area (Å²) in [7, 11) is 1.63. The second kappa shape index (κ2) is 8.87. The molecule has 1 aromatic rings. The number of methoxy groups -OCH3 is 1. The van der Waals surface area contributed by atoms with Crippen LogP contribution in [0.15, 0.2) is 24.3 Å². The average Bonchev–Trinajstić information content (AvgIpc) is 2.96. The maximum absolute atomic E-state index is 12.4. The molecule has 0 spiro atoms. The number of amides is 1. The van der Waals surface area contributed by atoms with E-state index in [-0.39, 0.29) is 24.4 Å². The van der Waals surface area contributed by atoms with Crippen molar-refractivity contribution >= 4 is 18.3 Å². The molecule has 1 atom stereocenters. The van der Waals surface area contributed by atoms with Gasteiger partial charge in [0.15, 0.2) is 0 Å². The lowest BCUT2D eigenvalue weighted by Crippen LogP contribution is -2.39. The smallest absolute Gasteiger partial charge is 0.254 e. The molecule has 0 aromatic heterocycles. The Labute approximate surface area is 131 Å². The first kappa shape index (κ1) is 17.8. The lowest BCUT2D eigenvalue weighted by Gasteiger charge is -2.23. The third-order valence-corrected chi connectivity index (χ3v) is 3.57. The van der Waals surface area contributed by atoms with Crippen LogP contribution in [0.25, 0.3) is 0 Å². The Morgan fingerprint density at radius 2 is 2.05 bits per heavy atom. The molecule has 1 fully saturated rings. The first-order chi connectivity index (χ1) is 9.76. The molecule has 1 aliphatic rings. The molecular weight excluding hydrogens is 292 g/mol. The van der Waals surface area contributed by atoms with E-state index in [2.05, 4.69) is 0 Å². The molecule has 1 heterocycles. The number of hydrogen-bond acceptors (Lipinski definition) is 4. The van der Waals surface area contributed by atoms with E-state index in [1.165, 1.54) is 0 Å². The molecule has 0 bridgehead atoms. The van der Waals surface area contributed by atoms with Gasteiger partial charge in [-0.1, -0.05) is 0 Å². The minimum absolute atomic E-state index is 0. The second-order valence-corrected chi connectivity index (χ2v) is 4.90. The van der Waals surface area contributed by atoms with Crippen LogP contribution in [0.2, 0.25) is 0 Å². The topological polar surface area (TPSA) is 64.8 Å². The summed E-state index contributed by atoms with van der Waals surface area (Å²) in [6.45, 7) is 2.38. The fourth-order valence-electron chi connectivity index (χ4n) is 2.45. The van der Waals surface area contributed by atoms with Crippen molar-refractivity contribution in [2.45, 2.75) is 18.9 Å². The van der Waals surface area contributed by atoms with E-state index in [4.69, 9.17) is 15.2 Å². The Morgan fingerprint density at radius 1 is 1.33 bits per heavy atom. The fraction of sp³-hybridized carbons (Fsp3) is 0.533. The van der Waals surface area contributed by atoms with E-state index in [1.807, 2.05) is 17.0 Å². The van der Waals surface area contributed by atoms with Crippen LogP contribution < -0.4 is 10.5 Å². The number of likely N-dealkylation sites (tertiary alicyclic amines) is 1. The number of carbonyl (C=O) groups is 1. The molecule has 6 heteroatoms. The predicted octanol–water partition coefficient (Wildman–Crippen LogP) is 1.70. The van der Waals surface area contributed by atoms with Gasteiger partial charge in [0.25, 0.3) is 5.91 Å². The van der Waals surface area contributed by atoms with Crippen LogP contribution in [0, 0.1) is 0 Å². The highest BCUT2D eigenvalue weighted by Crippen LogP contribution is 2.20. The minimum atomic E-state index is 0. The lowest BCUT2D eigenvalue weighted by molar-refractivity contribution is 0.0741. The van der Waals surface area contributed by atoms with E-state index >= 15 is 0 Å². The van der Waals surface area contributed by atoms with Crippen LogP contribution in [0.3, 0.4) is 0 Å². The minimum Gasteiger partial charge on any atom is -0.491 e. The Bertz CT molecular complexity index is 439. The quantitative estimate of drug-likeness (QED) is 0.812. The van der Waals surface area contributed by atoms with Crippen LogP contribution in [-0.2, 0) is 4.74 Å². The zero-order valence-electron chi connectivity index (χ0n) is 12.3. The number of halogens is 1. The molecule has 118 valence electrons. The first-order valence-corrected chi connectivity index (χ1v) is 6.99. The van der Waals surface area contributed by atoms with Gasteiger partial charge in [-0.05, 0) is 37.1 Å². The highest BCUT2D eigenvalue weighted by atomic mass is 35.5. The first-order valence-electron chi connectivity index (χ1n) is 6.99. The zero-order valence-corrected chi connectivity index (χ0v) is 13.1. The number of ether oxygens (including phenoxy) is 2. The van der Waals surface area contributed by atoms with E-state index in [0.29, 0.717) is 25.3 Å². The molecule has 0 radical (unpaired) electrons. The Kier molecular flexibility index (Phi) is 7.50. The monoisotopic (exact) mass is 314 g/mol. The standard InChI is InChI=1S/C15H22N2O3.ClH/c1-19-9-10-20-14-6-4-12(5-7-14)15(18)17-8-2-3-13(17)11-16;/h4-7,13H,2-3,8-11,16H2,1H3;1H. The van der Waals surface area contributed by atoms with Gasteiger partial charge < -0.3 is 20.1 Å². The molecular formula is C15H23ClN2O3. The van der Waals surface area contributed by atoms with Gasteiger partial charge in [0.05, 0.1) is 6.61 Å². The highest BCUT2D eigenvalue weighted by Gasteiger charge is 2.28. The Balaban J connectivity index is 0.00000220. The van der Waals surface area contributed by atoms with Crippen molar-refractivity contribution < 1.29 is 14.3 Å². The van der Waals surface area contributed by atoms with Crippen molar-refractivity contribution in [2.75, 3.05) is 33.4 Å². The Hall–Kier alpha value is -1.30. The van der Waals surface area contributed by atoms with Crippen molar-refractivity contribution in [2.24, 2.45) is 5.73 Å².